The number of amides is 1. The Kier molecular flexibility index (Phi) is 4.33. The fourth-order valence-corrected chi connectivity index (χ4v) is 1.89. The Hall–Kier alpha value is -0.610. The van der Waals surface area contributed by atoms with Gasteiger partial charge in [0.1, 0.15) is 0 Å². The molecule has 1 amide bonds. The summed E-state index contributed by atoms with van der Waals surface area (Å²) in [6.45, 7) is 8.42. The second-order valence-electron chi connectivity index (χ2n) is 5.38. The smallest absolute Gasteiger partial charge is 0.234 e. The minimum atomic E-state index is -0.248. The second kappa shape index (κ2) is 5.15. The highest BCUT2D eigenvalue weighted by atomic mass is 16.3. The lowest BCUT2D eigenvalue weighted by molar-refractivity contribution is -0.122. The van der Waals surface area contributed by atoms with Gasteiger partial charge in [-0.3, -0.25) is 4.79 Å². The maximum atomic E-state index is 11.5. The van der Waals surface area contributed by atoms with Gasteiger partial charge < -0.3 is 15.7 Å². The molecule has 0 bridgehead atoms. The largest absolute Gasteiger partial charge is 0.392 e. The van der Waals surface area contributed by atoms with Crippen LogP contribution >= 0.6 is 0 Å². The van der Waals surface area contributed by atoms with Crippen molar-refractivity contribution in [1.82, 2.24) is 10.6 Å². The molecule has 1 aliphatic rings. The molecule has 3 N–H and O–H groups in total. The van der Waals surface area contributed by atoms with Crippen LogP contribution in [0.25, 0.3) is 0 Å². The lowest BCUT2D eigenvalue weighted by Crippen LogP contribution is -2.61. The molecule has 0 spiro atoms. The molecule has 0 radical (unpaired) electrons. The average Bonchev–Trinajstić information content (AvgIpc) is 2.23. The van der Waals surface area contributed by atoms with Crippen LogP contribution in [0.2, 0.25) is 0 Å². The zero-order valence-electron chi connectivity index (χ0n) is 10.7. The molecular formula is C12H24N2O2. The first kappa shape index (κ1) is 13.5. The van der Waals surface area contributed by atoms with Gasteiger partial charge >= 0.3 is 0 Å². The van der Waals surface area contributed by atoms with Gasteiger partial charge in [0, 0.05) is 17.5 Å². The predicted molar refractivity (Wildman–Crippen MR) is 64.1 cm³/mol. The molecule has 4 heteroatoms. The van der Waals surface area contributed by atoms with Crippen molar-refractivity contribution in [2.75, 3.05) is 6.54 Å². The molecule has 3 unspecified atom stereocenters. The number of nitrogens with one attached hydrogen (secondary N) is 2. The first-order valence-corrected chi connectivity index (χ1v) is 6.08. The number of aliphatic hydroxyl groups is 1. The van der Waals surface area contributed by atoms with Gasteiger partial charge in [0.15, 0.2) is 0 Å². The molecule has 0 aromatic rings. The van der Waals surface area contributed by atoms with E-state index in [4.69, 9.17) is 0 Å². The minimum Gasteiger partial charge on any atom is -0.392 e. The highest BCUT2D eigenvalue weighted by Gasteiger charge is 2.46. The quantitative estimate of drug-likeness (QED) is 0.647. The first-order valence-electron chi connectivity index (χ1n) is 6.08. The van der Waals surface area contributed by atoms with E-state index in [0.717, 1.165) is 12.8 Å². The topological polar surface area (TPSA) is 61.4 Å². The van der Waals surface area contributed by atoms with Crippen molar-refractivity contribution in [3.8, 4) is 0 Å². The molecular weight excluding hydrogens is 204 g/mol. The van der Waals surface area contributed by atoms with Crippen molar-refractivity contribution in [3.63, 3.8) is 0 Å². The molecule has 94 valence electrons. The van der Waals surface area contributed by atoms with Crippen molar-refractivity contribution in [2.45, 2.75) is 58.7 Å². The third kappa shape index (κ3) is 2.95. The van der Waals surface area contributed by atoms with E-state index in [-0.39, 0.29) is 29.5 Å². The van der Waals surface area contributed by atoms with E-state index >= 15 is 0 Å². The van der Waals surface area contributed by atoms with Crippen molar-refractivity contribution < 1.29 is 9.90 Å². The van der Waals surface area contributed by atoms with Crippen LogP contribution in [-0.2, 0) is 4.79 Å². The lowest BCUT2D eigenvalue weighted by atomic mass is 9.64. The van der Waals surface area contributed by atoms with Crippen LogP contribution in [0.3, 0.4) is 0 Å². The third-order valence-electron chi connectivity index (χ3n) is 3.74. The van der Waals surface area contributed by atoms with Gasteiger partial charge in [-0.15, -0.1) is 0 Å². The van der Waals surface area contributed by atoms with E-state index in [1.165, 1.54) is 0 Å². The normalized spacial score (nSPS) is 29.3. The molecule has 0 aromatic heterocycles. The van der Waals surface area contributed by atoms with Gasteiger partial charge in [-0.1, -0.05) is 20.8 Å². The number of carbonyl (C=O) groups excluding carboxylic acids is 1. The summed E-state index contributed by atoms with van der Waals surface area (Å²) in [5, 5.41) is 15.7. The summed E-state index contributed by atoms with van der Waals surface area (Å²) in [5.74, 6) is 0.0338. The standard InChI is InChI=1S/C12H24N2O2/c1-5-8(2)14-11(16)7-13-9-6-10(15)12(9,3)4/h8-10,13,15H,5-7H2,1-4H3,(H,14,16). The van der Waals surface area contributed by atoms with Crippen LogP contribution < -0.4 is 10.6 Å². The lowest BCUT2D eigenvalue weighted by Gasteiger charge is -2.49. The highest BCUT2D eigenvalue weighted by molar-refractivity contribution is 5.78. The van der Waals surface area contributed by atoms with E-state index in [2.05, 4.69) is 10.6 Å². The molecule has 16 heavy (non-hydrogen) atoms. The Bertz CT molecular complexity index is 253. The zero-order chi connectivity index (χ0) is 12.3. The Morgan fingerprint density at radius 3 is 2.62 bits per heavy atom. The van der Waals surface area contributed by atoms with Gasteiger partial charge in [-0.2, -0.15) is 0 Å². The van der Waals surface area contributed by atoms with E-state index in [9.17, 15) is 9.90 Å². The van der Waals surface area contributed by atoms with Gasteiger partial charge in [0.2, 0.25) is 5.91 Å². The number of rotatable bonds is 5. The minimum absolute atomic E-state index is 0.0338. The van der Waals surface area contributed by atoms with Crippen LogP contribution in [0.1, 0.15) is 40.5 Å². The van der Waals surface area contributed by atoms with Gasteiger partial charge in [0.05, 0.1) is 12.6 Å². The molecule has 1 rings (SSSR count). The highest BCUT2D eigenvalue weighted by Crippen LogP contribution is 2.40. The predicted octanol–water partition coefficient (Wildman–Crippen LogP) is 0.650. The fourth-order valence-electron chi connectivity index (χ4n) is 1.89. The molecule has 0 aliphatic heterocycles. The Labute approximate surface area is 97.8 Å². The maximum absolute atomic E-state index is 11.5. The third-order valence-corrected chi connectivity index (χ3v) is 3.74. The summed E-state index contributed by atoms with van der Waals surface area (Å²) >= 11 is 0. The molecule has 1 fully saturated rings. The van der Waals surface area contributed by atoms with Gasteiger partial charge in [-0.25, -0.2) is 0 Å². The zero-order valence-corrected chi connectivity index (χ0v) is 10.7. The first-order chi connectivity index (χ1) is 7.37. The van der Waals surface area contributed by atoms with Gasteiger partial charge in [0.25, 0.3) is 0 Å². The maximum Gasteiger partial charge on any atom is 0.234 e. The molecule has 0 aromatic carbocycles. The second-order valence-corrected chi connectivity index (χ2v) is 5.38. The monoisotopic (exact) mass is 228 g/mol. The van der Waals surface area contributed by atoms with Crippen LogP contribution in [0, 0.1) is 5.41 Å². The molecule has 4 nitrogen and oxygen atoms in total. The Morgan fingerprint density at radius 1 is 1.56 bits per heavy atom. The number of hydrogen-bond acceptors (Lipinski definition) is 3. The Morgan fingerprint density at radius 2 is 2.19 bits per heavy atom. The van der Waals surface area contributed by atoms with Crippen molar-refractivity contribution in [3.05, 3.63) is 0 Å². The average molecular weight is 228 g/mol. The van der Waals surface area contributed by atoms with Crippen LogP contribution in [0.15, 0.2) is 0 Å². The summed E-state index contributed by atoms with van der Waals surface area (Å²) in [6, 6.07) is 0.472. The summed E-state index contributed by atoms with van der Waals surface area (Å²) in [5.41, 5.74) is -0.114. The number of carbonyl (C=O) groups is 1. The van der Waals surface area contributed by atoms with Gasteiger partial charge in [-0.05, 0) is 19.8 Å². The van der Waals surface area contributed by atoms with E-state index in [1.807, 2.05) is 27.7 Å². The fraction of sp³-hybridized carbons (Fsp3) is 0.917. The Balaban J connectivity index is 2.23. The van der Waals surface area contributed by atoms with E-state index in [0.29, 0.717) is 6.54 Å². The van der Waals surface area contributed by atoms with Crippen LogP contribution in [0.4, 0.5) is 0 Å². The van der Waals surface area contributed by atoms with Crippen LogP contribution in [0.5, 0.6) is 0 Å². The molecule has 0 heterocycles. The summed E-state index contributed by atoms with van der Waals surface area (Å²) in [6.07, 6.45) is 1.44. The van der Waals surface area contributed by atoms with Crippen molar-refractivity contribution >= 4 is 5.91 Å². The summed E-state index contributed by atoms with van der Waals surface area (Å²) < 4.78 is 0. The molecule has 1 aliphatic carbocycles. The molecule has 3 atom stereocenters. The van der Waals surface area contributed by atoms with Crippen molar-refractivity contribution in [2.24, 2.45) is 5.41 Å². The summed E-state index contributed by atoms with van der Waals surface area (Å²) in [4.78, 5) is 11.5. The van der Waals surface area contributed by atoms with E-state index in [1.54, 1.807) is 0 Å². The van der Waals surface area contributed by atoms with Crippen molar-refractivity contribution in [1.29, 1.82) is 0 Å². The molecule has 0 saturated heterocycles. The van der Waals surface area contributed by atoms with E-state index < -0.39 is 0 Å². The molecule has 1 saturated carbocycles. The SMILES string of the molecule is CCC(C)NC(=O)CNC1CC(O)C1(C)C. The number of aliphatic hydroxyl groups excluding tert-OH is 1. The number of hydrogen-bond donors (Lipinski definition) is 3. The van der Waals surface area contributed by atoms with Crippen LogP contribution in [-0.4, -0.2) is 35.7 Å². The summed E-state index contributed by atoms with van der Waals surface area (Å²) in [7, 11) is 0.